The average molecular weight is 395 g/mol. The summed E-state index contributed by atoms with van der Waals surface area (Å²) in [7, 11) is 0. The molecule has 0 saturated heterocycles. The maximum absolute atomic E-state index is 2.30. The van der Waals surface area contributed by atoms with Crippen molar-refractivity contribution in [2.24, 2.45) is 0 Å². The molecule has 0 aromatic carbocycles. The maximum atomic E-state index is 2.30. The van der Waals surface area contributed by atoms with Crippen molar-refractivity contribution in [1.82, 2.24) is 0 Å². The minimum absolute atomic E-state index is 1.14. The first-order valence-electron chi connectivity index (χ1n) is 12.6. The minimum atomic E-state index is 1.14. The first kappa shape index (κ1) is 34.7. The van der Waals surface area contributed by atoms with Gasteiger partial charge in [-0.1, -0.05) is 156 Å². The Morgan fingerprint density at radius 2 is 0.750 bits per heavy atom. The number of hydrogen-bond donors (Lipinski definition) is 0. The number of hydrogen-bond acceptors (Lipinski definition) is 0. The Balaban J connectivity index is -0.000000143. The summed E-state index contributed by atoms with van der Waals surface area (Å²) in [6.07, 6.45) is 31.4. The van der Waals surface area contributed by atoms with E-state index in [1.165, 1.54) is 83.5 Å². The van der Waals surface area contributed by atoms with E-state index >= 15 is 0 Å². The molecule has 0 aromatic heterocycles. The molecule has 0 atom stereocenters. The van der Waals surface area contributed by atoms with Gasteiger partial charge in [0, 0.05) is 0 Å². The van der Waals surface area contributed by atoms with E-state index in [1.54, 1.807) is 0 Å². The van der Waals surface area contributed by atoms with Crippen molar-refractivity contribution in [2.45, 2.75) is 145 Å². The quantitative estimate of drug-likeness (QED) is 0.165. The van der Waals surface area contributed by atoms with Crippen molar-refractivity contribution in [3.63, 3.8) is 0 Å². The Kier molecular flexibility index (Phi) is 56.0. The van der Waals surface area contributed by atoms with Gasteiger partial charge in [0.25, 0.3) is 0 Å². The van der Waals surface area contributed by atoms with Crippen LogP contribution in [0, 0.1) is 0 Å². The highest BCUT2D eigenvalue weighted by Crippen LogP contribution is 1.97. The fourth-order valence-electron chi connectivity index (χ4n) is 1.99. The van der Waals surface area contributed by atoms with Crippen LogP contribution in [0.15, 0.2) is 36.5 Å². The number of unbranched alkanes of at least 4 members (excludes halogenated alkanes) is 8. The molecule has 0 amide bonds. The Hall–Kier alpha value is -0.780. The van der Waals surface area contributed by atoms with Crippen LogP contribution in [0.25, 0.3) is 0 Å². The monoisotopic (exact) mass is 394 g/mol. The molecule has 170 valence electrons. The molecular weight excluding hydrogens is 336 g/mol. The summed E-state index contributed by atoms with van der Waals surface area (Å²) in [6.45, 7) is 17.6. The van der Waals surface area contributed by atoms with Gasteiger partial charge < -0.3 is 0 Å². The van der Waals surface area contributed by atoms with E-state index in [2.05, 4.69) is 91.8 Å². The van der Waals surface area contributed by atoms with Crippen LogP contribution >= 0.6 is 0 Å². The van der Waals surface area contributed by atoms with Crippen LogP contribution in [0.2, 0.25) is 0 Å². The van der Waals surface area contributed by atoms with E-state index < -0.39 is 0 Å². The second-order valence-corrected chi connectivity index (χ2v) is 7.16. The van der Waals surface area contributed by atoms with Crippen molar-refractivity contribution >= 4 is 0 Å². The van der Waals surface area contributed by atoms with Crippen LogP contribution in [-0.4, -0.2) is 0 Å². The van der Waals surface area contributed by atoms with Gasteiger partial charge in [0.15, 0.2) is 0 Å². The van der Waals surface area contributed by atoms with Crippen LogP contribution < -0.4 is 0 Å². The first-order valence-corrected chi connectivity index (χ1v) is 12.6. The molecule has 0 aromatic rings. The third-order valence-corrected chi connectivity index (χ3v) is 3.83. The van der Waals surface area contributed by atoms with Crippen molar-refractivity contribution in [2.75, 3.05) is 0 Å². The lowest BCUT2D eigenvalue weighted by molar-refractivity contribution is 0.772. The molecule has 0 rings (SSSR count). The van der Waals surface area contributed by atoms with Crippen LogP contribution in [0.5, 0.6) is 0 Å². The van der Waals surface area contributed by atoms with Crippen molar-refractivity contribution in [3.05, 3.63) is 36.5 Å². The lowest BCUT2D eigenvalue weighted by Gasteiger charge is -1.87. The number of allylic oxidation sites excluding steroid dienone is 6. The molecular formula is C28H58. The van der Waals surface area contributed by atoms with Crippen molar-refractivity contribution < 1.29 is 0 Å². The largest absolute Gasteiger partial charge is 0.0885 e. The zero-order valence-corrected chi connectivity index (χ0v) is 21.4. The van der Waals surface area contributed by atoms with Gasteiger partial charge in [-0.3, -0.25) is 0 Å². The highest BCUT2D eigenvalue weighted by Gasteiger charge is 1.76. The lowest BCUT2D eigenvalue weighted by atomic mass is 10.2. The van der Waals surface area contributed by atoms with Gasteiger partial charge in [0.2, 0.25) is 0 Å². The second kappa shape index (κ2) is 45.1. The molecule has 0 fully saturated rings. The Morgan fingerprint density at radius 1 is 0.357 bits per heavy atom. The number of rotatable bonds is 13. The smallest absolute Gasteiger partial charge is 0.0350 e. The fourth-order valence-corrected chi connectivity index (χ4v) is 1.99. The molecule has 0 N–H and O–H groups in total. The average Bonchev–Trinajstić information content (AvgIpc) is 2.71. The predicted molar refractivity (Wildman–Crippen MR) is 137 cm³/mol. The van der Waals surface area contributed by atoms with Crippen LogP contribution in [0.3, 0.4) is 0 Å². The first-order chi connectivity index (χ1) is 13.7. The lowest BCUT2D eigenvalue weighted by Crippen LogP contribution is -1.66. The molecule has 0 aliphatic heterocycles. The molecule has 0 aliphatic rings. The Morgan fingerprint density at radius 3 is 1.11 bits per heavy atom. The van der Waals surface area contributed by atoms with Gasteiger partial charge >= 0.3 is 0 Å². The summed E-state index contributed by atoms with van der Waals surface area (Å²) >= 11 is 0. The molecule has 0 spiro atoms. The fraction of sp³-hybridized carbons (Fsp3) is 0.786. The third kappa shape index (κ3) is 63.9. The SMILES string of the molecule is CCC=CC=CCCC.CCCC=CCCCC.CCCCC.CCCCC. The molecule has 0 heterocycles. The summed E-state index contributed by atoms with van der Waals surface area (Å²) in [4.78, 5) is 0. The van der Waals surface area contributed by atoms with Crippen molar-refractivity contribution in [3.8, 4) is 0 Å². The van der Waals surface area contributed by atoms with Gasteiger partial charge in [0.05, 0.1) is 0 Å². The predicted octanol–water partition coefficient (Wildman–Crippen LogP) is 11.2. The third-order valence-electron chi connectivity index (χ3n) is 3.83. The zero-order chi connectivity index (χ0) is 22.1. The summed E-state index contributed by atoms with van der Waals surface area (Å²) < 4.78 is 0. The molecule has 0 bridgehead atoms. The van der Waals surface area contributed by atoms with E-state index in [1.807, 2.05) is 0 Å². The van der Waals surface area contributed by atoms with E-state index in [-0.39, 0.29) is 0 Å². The Bertz CT molecular complexity index is 260. The van der Waals surface area contributed by atoms with Crippen LogP contribution in [0.4, 0.5) is 0 Å². The molecule has 28 heavy (non-hydrogen) atoms. The zero-order valence-electron chi connectivity index (χ0n) is 21.4. The van der Waals surface area contributed by atoms with Crippen LogP contribution in [0.1, 0.15) is 145 Å². The van der Waals surface area contributed by atoms with Gasteiger partial charge in [-0.25, -0.2) is 0 Å². The van der Waals surface area contributed by atoms with E-state index in [9.17, 15) is 0 Å². The summed E-state index contributed by atoms with van der Waals surface area (Å²) in [5, 5.41) is 0. The maximum Gasteiger partial charge on any atom is -0.0350 e. The van der Waals surface area contributed by atoms with E-state index in [0.717, 1.165) is 6.42 Å². The second-order valence-electron chi connectivity index (χ2n) is 7.16. The molecule has 0 heteroatoms. The van der Waals surface area contributed by atoms with E-state index in [4.69, 9.17) is 0 Å². The van der Waals surface area contributed by atoms with Crippen molar-refractivity contribution in [1.29, 1.82) is 0 Å². The topological polar surface area (TPSA) is 0 Å². The van der Waals surface area contributed by atoms with Gasteiger partial charge in [-0.05, 0) is 25.7 Å². The highest BCUT2D eigenvalue weighted by molar-refractivity contribution is 5.01. The van der Waals surface area contributed by atoms with E-state index in [0.29, 0.717) is 0 Å². The molecule has 0 radical (unpaired) electrons. The Labute approximate surface area is 182 Å². The molecule has 0 nitrogen and oxygen atoms in total. The van der Waals surface area contributed by atoms with Gasteiger partial charge in [-0.2, -0.15) is 0 Å². The van der Waals surface area contributed by atoms with Crippen LogP contribution in [-0.2, 0) is 0 Å². The molecule has 0 saturated carbocycles. The summed E-state index contributed by atoms with van der Waals surface area (Å²) in [6, 6.07) is 0. The molecule has 0 unspecified atom stereocenters. The summed E-state index contributed by atoms with van der Waals surface area (Å²) in [5.41, 5.74) is 0. The minimum Gasteiger partial charge on any atom is -0.0885 e. The molecule has 0 aliphatic carbocycles. The summed E-state index contributed by atoms with van der Waals surface area (Å²) in [5.74, 6) is 0. The van der Waals surface area contributed by atoms with Gasteiger partial charge in [0.1, 0.15) is 0 Å². The van der Waals surface area contributed by atoms with Gasteiger partial charge in [-0.15, -0.1) is 0 Å². The highest BCUT2D eigenvalue weighted by atomic mass is 13.8. The normalized spacial score (nSPS) is 10.3. The standard InChI is InChI=1S/C9H18.C9H16.2C5H12/c2*1-3-5-7-9-8-6-4-2;2*1-3-5-4-2/h7,9H,3-6,8H2,1-2H3;5,7-9H,3-4,6H2,1-2H3;2*3-5H2,1-2H3.